The maximum atomic E-state index is 12.1. The summed E-state index contributed by atoms with van der Waals surface area (Å²) in [5.41, 5.74) is -2.64. The molecule has 0 bridgehead atoms. The largest absolute Gasteiger partial charge is 0.496 e. The number of hydrogen-bond donors (Lipinski definition) is 2. The van der Waals surface area contributed by atoms with E-state index in [2.05, 4.69) is 0 Å². The number of esters is 4. The minimum atomic E-state index is -1.41. The normalized spacial score (nSPS) is 11.3. The Labute approximate surface area is 495 Å². The Balaban J connectivity index is 0.000000188. The highest BCUT2D eigenvalue weighted by atomic mass is 16.6. The molecule has 2 heterocycles. The van der Waals surface area contributed by atoms with E-state index in [9.17, 15) is 79.4 Å². The molecular formula is C60H54N4O24. The lowest BCUT2D eigenvalue weighted by Gasteiger charge is -2.17. The van der Waals surface area contributed by atoms with Gasteiger partial charge in [0.05, 0.1) is 74.6 Å². The van der Waals surface area contributed by atoms with Crippen molar-refractivity contribution in [2.75, 3.05) is 14.2 Å². The lowest BCUT2D eigenvalue weighted by molar-refractivity contribution is -0.389. The SMILES string of the molecule is CC(=O)OC(C)c1c([N+](=O)[O-])c2ccccc2c2ccccc12.CC(=O)OC(C)c1c([N+](=O)[O-])ccc2ccccc12.COc1c(CO)cc([N+](=O)[O-])c2c(COC(C)=O)c([N+](=O)[O-])c(=O)oc12.COc1cc(CO)cc2oc(=O)cc(COC(C)=O)c12. The minimum absolute atomic E-state index is 0.00644. The molecule has 2 aromatic heterocycles. The summed E-state index contributed by atoms with van der Waals surface area (Å²) < 4.78 is 40.2. The number of non-ortho nitro benzene ring substituents is 1. The summed E-state index contributed by atoms with van der Waals surface area (Å²) in [6, 6.07) is 30.5. The summed E-state index contributed by atoms with van der Waals surface area (Å²) in [6.45, 7) is 6.49. The van der Waals surface area contributed by atoms with Gasteiger partial charge >= 0.3 is 40.8 Å². The van der Waals surface area contributed by atoms with Crippen molar-refractivity contribution in [2.24, 2.45) is 0 Å². The van der Waals surface area contributed by atoms with Gasteiger partial charge in [-0.3, -0.25) is 59.6 Å². The van der Waals surface area contributed by atoms with Gasteiger partial charge in [-0.1, -0.05) is 66.7 Å². The maximum Gasteiger partial charge on any atom is 0.415 e. The second-order valence-electron chi connectivity index (χ2n) is 18.8. The number of benzene rings is 7. The molecule has 0 fully saturated rings. The summed E-state index contributed by atoms with van der Waals surface area (Å²) in [5, 5.41) is 68.8. The van der Waals surface area contributed by atoms with Crippen LogP contribution in [0.3, 0.4) is 0 Å². The fourth-order valence-electron chi connectivity index (χ4n) is 9.62. The number of ether oxygens (including phenoxy) is 6. The Morgan fingerprint density at radius 2 is 1.07 bits per heavy atom. The average Bonchev–Trinajstić information content (AvgIpc) is 1.03. The van der Waals surface area contributed by atoms with E-state index in [1.807, 2.05) is 48.5 Å². The number of aliphatic hydroxyl groups excluding tert-OH is 2. The quantitative estimate of drug-likeness (QED) is 0.0227. The van der Waals surface area contributed by atoms with Crippen molar-refractivity contribution in [1.82, 2.24) is 0 Å². The summed E-state index contributed by atoms with van der Waals surface area (Å²) in [7, 11) is 2.63. The number of nitro groups is 4. The second kappa shape index (κ2) is 29.0. The van der Waals surface area contributed by atoms with Crippen LogP contribution in [0.2, 0.25) is 0 Å². The third-order valence-electron chi connectivity index (χ3n) is 13.0. The first-order chi connectivity index (χ1) is 41.8. The van der Waals surface area contributed by atoms with Crippen LogP contribution in [0.4, 0.5) is 22.7 Å². The molecule has 0 aliphatic rings. The van der Waals surface area contributed by atoms with Gasteiger partial charge in [0.2, 0.25) is 0 Å². The molecule has 0 spiro atoms. The number of rotatable bonds is 16. The molecule has 0 saturated heterocycles. The minimum Gasteiger partial charge on any atom is -0.496 e. The molecule has 0 saturated carbocycles. The molecule has 2 unspecified atom stereocenters. The smallest absolute Gasteiger partial charge is 0.415 e. The van der Waals surface area contributed by atoms with Gasteiger partial charge in [-0.25, -0.2) is 9.59 Å². The number of carbonyl (C=O) groups is 4. The van der Waals surface area contributed by atoms with Gasteiger partial charge in [-0.05, 0) is 70.6 Å². The first-order valence-corrected chi connectivity index (χ1v) is 26.0. The van der Waals surface area contributed by atoms with Gasteiger partial charge in [0.15, 0.2) is 11.3 Å². The van der Waals surface area contributed by atoms with Crippen LogP contribution in [0.5, 0.6) is 11.5 Å². The van der Waals surface area contributed by atoms with Crippen LogP contribution in [0.25, 0.3) is 54.3 Å². The molecule has 0 aliphatic heterocycles. The van der Waals surface area contributed by atoms with Crippen LogP contribution in [0, 0.1) is 40.5 Å². The van der Waals surface area contributed by atoms with Crippen molar-refractivity contribution < 1.29 is 86.3 Å². The number of hydrogen-bond acceptors (Lipinski definition) is 24. The topological polar surface area (TPSA) is 397 Å². The van der Waals surface area contributed by atoms with Gasteiger partial charge < -0.3 is 47.5 Å². The van der Waals surface area contributed by atoms with Crippen LogP contribution in [0.1, 0.15) is 87.1 Å². The van der Waals surface area contributed by atoms with E-state index < -0.39 is 108 Å². The Morgan fingerprint density at radius 3 is 1.59 bits per heavy atom. The molecule has 2 atom stereocenters. The second-order valence-corrected chi connectivity index (χ2v) is 18.8. The summed E-state index contributed by atoms with van der Waals surface area (Å²) in [5.74, 6) is -1.96. The zero-order valence-corrected chi connectivity index (χ0v) is 48.0. The molecule has 0 amide bonds. The first-order valence-electron chi connectivity index (χ1n) is 26.0. The van der Waals surface area contributed by atoms with Crippen LogP contribution >= 0.6 is 0 Å². The van der Waals surface area contributed by atoms with Crippen LogP contribution < -0.4 is 20.7 Å². The van der Waals surface area contributed by atoms with E-state index in [1.54, 1.807) is 56.3 Å². The van der Waals surface area contributed by atoms with E-state index in [0.717, 1.165) is 47.0 Å². The Bertz CT molecular complexity index is 4360. The number of methoxy groups -OCH3 is 2. The molecule has 7 aromatic carbocycles. The summed E-state index contributed by atoms with van der Waals surface area (Å²) in [6.07, 6.45) is -1.37. The van der Waals surface area contributed by atoms with Gasteiger partial charge in [-0.2, -0.15) is 0 Å². The molecular weight excluding hydrogens is 1160 g/mol. The highest BCUT2D eigenvalue weighted by Crippen LogP contribution is 2.43. The van der Waals surface area contributed by atoms with Gasteiger partial charge in [0.1, 0.15) is 42.1 Å². The van der Waals surface area contributed by atoms with Crippen LogP contribution in [-0.2, 0) is 64.6 Å². The van der Waals surface area contributed by atoms with Gasteiger partial charge in [0, 0.05) is 57.0 Å². The molecule has 9 rings (SSSR count). The molecule has 0 aliphatic carbocycles. The highest BCUT2D eigenvalue weighted by molar-refractivity contribution is 6.13. The third-order valence-corrected chi connectivity index (χ3v) is 13.0. The maximum absolute atomic E-state index is 12.1. The fraction of sp³-hybridized carbons (Fsp3) is 0.233. The van der Waals surface area contributed by atoms with Crippen molar-refractivity contribution in [3.8, 4) is 11.5 Å². The van der Waals surface area contributed by atoms with Crippen molar-refractivity contribution in [3.63, 3.8) is 0 Å². The Morgan fingerprint density at radius 1 is 0.534 bits per heavy atom. The number of nitro benzene ring substituents is 3. The van der Waals surface area contributed by atoms with Gasteiger partial charge in [0.25, 0.3) is 17.1 Å². The monoisotopic (exact) mass is 1210 g/mol. The zero-order valence-electron chi connectivity index (χ0n) is 48.0. The zero-order chi connectivity index (χ0) is 64.8. The Kier molecular flexibility index (Phi) is 21.7. The predicted molar refractivity (Wildman–Crippen MR) is 313 cm³/mol. The van der Waals surface area contributed by atoms with E-state index in [0.29, 0.717) is 38.8 Å². The lowest BCUT2D eigenvalue weighted by atomic mass is 9.92. The predicted octanol–water partition coefficient (Wildman–Crippen LogP) is 10.4. The average molecular weight is 1220 g/mol. The molecule has 0 radical (unpaired) electrons. The van der Waals surface area contributed by atoms with E-state index in [4.69, 9.17) is 37.3 Å². The highest BCUT2D eigenvalue weighted by Gasteiger charge is 2.34. The van der Waals surface area contributed by atoms with E-state index in [-0.39, 0.29) is 41.5 Å². The molecule has 9 aromatic rings. The molecule has 28 nitrogen and oxygen atoms in total. The number of fused-ring (bicyclic) bond motifs is 6. The molecule has 88 heavy (non-hydrogen) atoms. The summed E-state index contributed by atoms with van der Waals surface area (Å²) >= 11 is 0. The van der Waals surface area contributed by atoms with E-state index in [1.165, 1.54) is 40.0 Å². The number of aliphatic hydroxyl groups is 2. The summed E-state index contributed by atoms with van der Waals surface area (Å²) in [4.78, 5) is 111. The molecule has 458 valence electrons. The van der Waals surface area contributed by atoms with Crippen molar-refractivity contribution >= 4 is 101 Å². The molecule has 28 heteroatoms. The van der Waals surface area contributed by atoms with Crippen molar-refractivity contribution in [3.05, 3.63) is 204 Å². The third kappa shape index (κ3) is 15.0. The van der Waals surface area contributed by atoms with Gasteiger partial charge in [-0.15, -0.1) is 0 Å². The Hall–Kier alpha value is -11.3. The molecule has 2 N–H and O–H groups in total. The van der Waals surface area contributed by atoms with Crippen molar-refractivity contribution in [1.29, 1.82) is 0 Å². The van der Waals surface area contributed by atoms with Crippen molar-refractivity contribution in [2.45, 2.75) is 80.2 Å². The van der Waals surface area contributed by atoms with Crippen LogP contribution in [-0.4, -0.2) is 68.0 Å². The number of carbonyl (C=O) groups excluding carboxylic acids is 4. The first kappa shape index (κ1) is 65.9. The standard InChI is InChI=1S/C18H15NO4.C14H12N2O10.C14H13NO4.C14H14O6/c1-11(23-12(2)20)17-15-9-5-3-7-13(15)14-8-4-6-10-16(14)18(17)19(21)22;1-6(18)25-5-8-10-9(15(20)21)3-7(4-17)12(24-2)13(10)26-14(19)11(8)16(22)23;1-9(19-10(2)16)14-12-6-4-3-5-11(12)7-8-13(14)15(17)18;1-8(16)19-7-10-5-13(17)20-12-4-9(6-15)3-11(18-2)14(10)12/h3-11H,1-2H3;3,17H,4-5H2,1-2H3;3-9H,1-2H3;3-5,15H,6-7H2,1-2H3. The number of nitrogens with zero attached hydrogens (tertiary/aromatic N) is 4. The lowest BCUT2D eigenvalue weighted by Crippen LogP contribution is -2.14. The fourth-order valence-corrected chi connectivity index (χ4v) is 9.62. The van der Waals surface area contributed by atoms with E-state index >= 15 is 0 Å². The van der Waals surface area contributed by atoms with Crippen LogP contribution in [0.15, 0.2) is 128 Å².